The highest BCUT2D eigenvalue weighted by Crippen LogP contribution is 2.37. The first kappa shape index (κ1) is 16.6. The monoisotopic (exact) mass is 321 g/mol. The van der Waals surface area contributed by atoms with Crippen LogP contribution < -0.4 is 9.47 Å². The normalized spacial score (nSPS) is 24.6. The molecule has 1 atom stereocenters. The molecular formula is C18H27NO4. The van der Waals surface area contributed by atoms with Gasteiger partial charge in [-0.3, -0.25) is 4.90 Å². The molecule has 1 spiro atoms. The summed E-state index contributed by atoms with van der Waals surface area (Å²) in [4.78, 5) is 2.39. The van der Waals surface area contributed by atoms with Gasteiger partial charge in [0.1, 0.15) is 11.5 Å². The molecule has 1 N–H and O–H groups in total. The molecule has 2 saturated heterocycles. The lowest BCUT2D eigenvalue weighted by Crippen LogP contribution is -2.55. The highest BCUT2D eigenvalue weighted by molar-refractivity contribution is 5.44. The van der Waals surface area contributed by atoms with E-state index in [-0.39, 0.29) is 11.7 Å². The second kappa shape index (κ2) is 7.07. The number of piperidine rings is 1. The maximum Gasteiger partial charge on any atom is 0.127 e. The molecule has 1 aromatic carbocycles. The van der Waals surface area contributed by atoms with Gasteiger partial charge in [-0.15, -0.1) is 0 Å². The first-order valence-electron chi connectivity index (χ1n) is 8.43. The summed E-state index contributed by atoms with van der Waals surface area (Å²) in [6.45, 7) is 3.40. The van der Waals surface area contributed by atoms with Crippen molar-refractivity contribution < 1.29 is 19.3 Å². The Morgan fingerprint density at radius 2 is 1.87 bits per heavy atom. The van der Waals surface area contributed by atoms with Crippen molar-refractivity contribution in [1.29, 1.82) is 0 Å². The average molecular weight is 321 g/mol. The molecule has 0 saturated carbocycles. The number of nitrogens with zero attached hydrogens (tertiary/aromatic N) is 1. The van der Waals surface area contributed by atoms with E-state index in [1.165, 1.54) is 0 Å². The van der Waals surface area contributed by atoms with Gasteiger partial charge in [-0.1, -0.05) is 6.07 Å². The molecule has 2 heterocycles. The number of hydrogen-bond acceptors (Lipinski definition) is 5. The standard InChI is InChI=1S/C18H27NO4/c1-21-15-5-3-6-16(22-2)14(15)13-19-10-8-18(9-11-19)17(20)7-4-12-23-18/h3,5-6,17,20H,4,7-13H2,1-2H3/t17-/m1/s1. The molecule has 0 aromatic heterocycles. The van der Waals surface area contributed by atoms with Crippen LogP contribution in [0.4, 0.5) is 0 Å². The van der Waals surface area contributed by atoms with Gasteiger partial charge in [0.2, 0.25) is 0 Å². The Bertz CT molecular complexity index is 504. The van der Waals surface area contributed by atoms with Crippen LogP contribution in [0.2, 0.25) is 0 Å². The third kappa shape index (κ3) is 3.32. The van der Waals surface area contributed by atoms with E-state index in [0.717, 1.165) is 69.0 Å². The van der Waals surface area contributed by atoms with Crippen molar-refractivity contribution in [3.05, 3.63) is 23.8 Å². The molecule has 2 aliphatic heterocycles. The quantitative estimate of drug-likeness (QED) is 0.921. The average Bonchev–Trinajstić information content (AvgIpc) is 2.59. The number of likely N-dealkylation sites (tertiary alicyclic amines) is 1. The Morgan fingerprint density at radius 3 is 2.43 bits per heavy atom. The van der Waals surface area contributed by atoms with Gasteiger partial charge < -0.3 is 19.3 Å². The van der Waals surface area contributed by atoms with Crippen LogP contribution in [0.25, 0.3) is 0 Å². The zero-order valence-electron chi connectivity index (χ0n) is 14.1. The van der Waals surface area contributed by atoms with Gasteiger partial charge in [0.15, 0.2) is 0 Å². The van der Waals surface area contributed by atoms with Gasteiger partial charge in [-0.2, -0.15) is 0 Å². The third-order valence-electron chi connectivity index (χ3n) is 5.23. The smallest absolute Gasteiger partial charge is 0.127 e. The van der Waals surface area contributed by atoms with Crippen molar-refractivity contribution in [1.82, 2.24) is 4.90 Å². The lowest BCUT2D eigenvalue weighted by atomic mass is 9.82. The van der Waals surface area contributed by atoms with Crippen LogP contribution in [-0.4, -0.2) is 55.6 Å². The van der Waals surface area contributed by atoms with Crippen LogP contribution in [0.15, 0.2) is 18.2 Å². The summed E-state index contributed by atoms with van der Waals surface area (Å²) in [5, 5.41) is 10.3. The molecule has 0 unspecified atom stereocenters. The van der Waals surface area contributed by atoms with E-state index < -0.39 is 0 Å². The first-order chi connectivity index (χ1) is 11.2. The zero-order chi connectivity index (χ0) is 16.3. The largest absolute Gasteiger partial charge is 0.496 e. The van der Waals surface area contributed by atoms with Crippen LogP contribution in [-0.2, 0) is 11.3 Å². The molecular weight excluding hydrogens is 294 g/mol. The summed E-state index contributed by atoms with van der Waals surface area (Å²) in [5.74, 6) is 1.72. The fourth-order valence-corrected chi connectivity index (χ4v) is 3.79. The Labute approximate surface area is 138 Å². The Morgan fingerprint density at radius 1 is 1.22 bits per heavy atom. The van der Waals surface area contributed by atoms with Gasteiger partial charge in [0.05, 0.1) is 31.5 Å². The van der Waals surface area contributed by atoms with E-state index in [1.807, 2.05) is 18.2 Å². The van der Waals surface area contributed by atoms with Crippen molar-refractivity contribution in [3.8, 4) is 11.5 Å². The van der Waals surface area contributed by atoms with Gasteiger partial charge >= 0.3 is 0 Å². The van der Waals surface area contributed by atoms with Crippen molar-refractivity contribution in [2.24, 2.45) is 0 Å². The van der Waals surface area contributed by atoms with Gasteiger partial charge in [-0.05, 0) is 37.8 Å². The van der Waals surface area contributed by atoms with E-state index in [0.29, 0.717) is 0 Å². The molecule has 0 radical (unpaired) electrons. The molecule has 0 amide bonds. The molecule has 5 nitrogen and oxygen atoms in total. The summed E-state index contributed by atoms with van der Waals surface area (Å²) < 4.78 is 17.0. The molecule has 2 fully saturated rings. The van der Waals surface area contributed by atoms with E-state index in [9.17, 15) is 5.11 Å². The van der Waals surface area contributed by atoms with Crippen molar-refractivity contribution in [3.63, 3.8) is 0 Å². The van der Waals surface area contributed by atoms with E-state index in [4.69, 9.17) is 14.2 Å². The summed E-state index contributed by atoms with van der Waals surface area (Å²) >= 11 is 0. The number of ether oxygens (including phenoxy) is 3. The van der Waals surface area contributed by atoms with Crippen LogP contribution in [0.5, 0.6) is 11.5 Å². The second-order valence-electron chi connectivity index (χ2n) is 6.49. The van der Waals surface area contributed by atoms with Crippen molar-refractivity contribution >= 4 is 0 Å². The number of aliphatic hydroxyl groups is 1. The lowest BCUT2D eigenvalue weighted by molar-refractivity contribution is -0.177. The molecule has 3 rings (SSSR count). The minimum absolute atomic E-state index is 0.320. The molecule has 2 aliphatic rings. The predicted molar refractivity (Wildman–Crippen MR) is 88.0 cm³/mol. The topological polar surface area (TPSA) is 51.2 Å². The molecule has 128 valence electrons. The first-order valence-corrected chi connectivity index (χ1v) is 8.43. The van der Waals surface area contributed by atoms with Crippen LogP contribution in [0, 0.1) is 0 Å². The second-order valence-corrected chi connectivity index (χ2v) is 6.49. The molecule has 5 heteroatoms. The number of rotatable bonds is 4. The fourth-order valence-electron chi connectivity index (χ4n) is 3.79. The lowest BCUT2D eigenvalue weighted by Gasteiger charge is -2.46. The van der Waals surface area contributed by atoms with Crippen LogP contribution in [0.1, 0.15) is 31.2 Å². The summed E-state index contributed by atoms with van der Waals surface area (Å²) in [6, 6.07) is 5.88. The number of aliphatic hydroxyl groups excluding tert-OH is 1. The van der Waals surface area contributed by atoms with E-state index >= 15 is 0 Å². The SMILES string of the molecule is COc1cccc(OC)c1CN1CCC2(CC1)OCCC[C@H]2O. The Balaban J connectivity index is 1.67. The maximum atomic E-state index is 10.3. The van der Waals surface area contributed by atoms with Crippen LogP contribution in [0.3, 0.4) is 0 Å². The Hall–Kier alpha value is -1.30. The maximum absolute atomic E-state index is 10.3. The van der Waals surface area contributed by atoms with E-state index in [2.05, 4.69) is 4.90 Å². The summed E-state index contributed by atoms with van der Waals surface area (Å²) in [6.07, 6.45) is 3.27. The van der Waals surface area contributed by atoms with E-state index in [1.54, 1.807) is 14.2 Å². The predicted octanol–water partition coefficient (Wildman–Crippen LogP) is 2.21. The van der Waals surface area contributed by atoms with Crippen molar-refractivity contribution in [2.45, 2.75) is 43.9 Å². The third-order valence-corrected chi connectivity index (χ3v) is 5.23. The number of hydrogen-bond donors (Lipinski definition) is 1. The fraction of sp³-hybridized carbons (Fsp3) is 0.667. The highest BCUT2D eigenvalue weighted by Gasteiger charge is 2.43. The molecule has 0 aliphatic carbocycles. The minimum Gasteiger partial charge on any atom is -0.496 e. The molecule has 0 bridgehead atoms. The molecule has 1 aromatic rings. The van der Waals surface area contributed by atoms with Gasteiger partial charge in [0.25, 0.3) is 0 Å². The van der Waals surface area contributed by atoms with Crippen molar-refractivity contribution in [2.75, 3.05) is 33.9 Å². The highest BCUT2D eigenvalue weighted by atomic mass is 16.5. The van der Waals surface area contributed by atoms with Gasteiger partial charge in [-0.25, -0.2) is 0 Å². The molecule has 23 heavy (non-hydrogen) atoms. The summed E-state index contributed by atoms with van der Waals surface area (Å²) in [5.41, 5.74) is 0.762. The minimum atomic E-state index is -0.320. The Kier molecular flexibility index (Phi) is 5.09. The van der Waals surface area contributed by atoms with Gasteiger partial charge in [0, 0.05) is 26.2 Å². The van der Waals surface area contributed by atoms with Crippen LogP contribution >= 0.6 is 0 Å². The zero-order valence-corrected chi connectivity index (χ0v) is 14.1. The number of benzene rings is 1. The summed E-state index contributed by atoms with van der Waals surface area (Å²) in [7, 11) is 3.38. The number of methoxy groups -OCH3 is 2.